The molecule has 3 rings (SSSR count). The molecule has 0 bridgehead atoms. The molecule has 0 spiro atoms. The first kappa shape index (κ1) is 10.5. The minimum atomic E-state index is 0.937. The van der Waals surface area contributed by atoms with E-state index in [1.165, 1.54) is 28.1 Å². The lowest BCUT2D eigenvalue weighted by atomic mass is 9.99. The van der Waals surface area contributed by atoms with E-state index in [4.69, 9.17) is 0 Å². The molecule has 0 atom stereocenters. The zero-order chi connectivity index (χ0) is 11.8. The van der Waals surface area contributed by atoms with Gasteiger partial charge in [-0.15, -0.1) is 0 Å². The number of aromatic nitrogens is 2. The van der Waals surface area contributed by atoms with E-state index in [1.807, 2.05) is 11.7 Å². The minimum Gasteiger partial charge on any atom is -0.312 e. The number of benzene rings is 1. The summed E-state index contributed by atoms with van der Waals surface area (Å²) in [4.78, 5) is 0. The van der Waals surface area contributed by atoms with Crippen LogP contribution < -0.4 is 5.32 Å². The van der Waals surface area contributed by atoms with Crippen LogP contribution in [0.5, 0.6) is 0 Å². The number of rotatable bonds is 1. The van der Waals surface area contributed by atoms with Crippen LogP contribution in [0.3, 0.4) is 0 Å². The summed E-state index contributed by atoms with van der Waals surface area (Å²) in [7, 11) is 2.04. The van der Waals surface area contributed by atoms with Crippen LogP contribution in [0.2, 0.25) is 0 Å². The zero-order valence-corrected chi connectivity index (χ0v) is 10.3. The van der Waals surface area contributed by atoms with Gasteiger partial charge in [0.05, 0.1) is 11.4 Å². The summed E-state index contributed by atoms with van der Waals surface area (Å²) in [5.74, 6) is 0. The Bertz CT molecular complexity index is 555. The number of nitrogens with zero attached hydrogens (tertiary/aromatic N) is 2. The molecule has 0 fully saturated rings. The molecule has 0 aliphatic carbocycles. The second-order valence-corrected chi connectivity index (χ2v) is 4.64. The Morgan fingerprint density at radius 1 is 1.29 bits per heavy atom. The van der Waals surface area contributed by atoms with E-state index < -0.39 is 0 Å². The first-order valence-corrected chi connectivity index (χ1v) is 6.09. The van der Waals surface area contributed by atoms with Gasteiger partial charge in [0.15, 0.2) is 0 Å². The van der Waals surface area contributed by atoms with Crippen LogP contribution in [-0.4, -0.2) is 16.3 Å². The molecule has 1 N–H and O–H groups in total. The maximum atomic E-state index is 4.65. The molecule has 0 unspecified atom stereocenters. The molecule has 2 heterocycles. The smallest absolute Gasteiger partial charge is 0.0729 e. The predicted molar refractivity (Wildman–Crippen MR) is 68.8 cm³/mol. The summed E-state index contributed by atoms with van der Waals surface area (Å²) in [6, 6.07) is 8.52. The van der Waals surface area contributed by atoms with Crippen molar-refractivity contribution >= 4 is 0 Å². The Balaban J connectivity index is 2.21. The third kappa shape index (κ3) is 1.67. The fraction of sp³-hybridized carbons (Fsp3) is 0.357. The van der Waals surface area contributed by atoms with Crippen molar-refractivity contribution in [1.29, 1.82) is 0 Å². The summed E-state index contributed by atoms with van der Waals surface area (Å²) < 4.78 is 2.03. The van der Waals surface area contributed by atoms with Gasteiger partial charge >= 0.3 is 0 Å². The van der Waals surface area contributed by atoms with Gasteiger partial charge in [0, 0.05) is 37.7 Å². The van der Waals surface area contributed by atoms with Crippen molar-refractivity contribution in [1.82, 2.24) is 15.1 Å². The van der Waals surface area contributed by atoms with Crippen molar-refractivity contribution in [3.8, 4) is 11.3 Å². The van der Waals surface area contributed by atoms with Gasteiger partial charge in [-0.2, -0.15) is 5.10 Å². The molecule has 0 saturated carbocycles. The normalized spacial score (nSPS) is 14.7. The van der Waals surface area contributed by atoms with Gasteiger partial charge in [0.1, 0.15) is 0 Å². The van der Waals surface area contributed by atoms with Crippen LogP contribution in [0, 0.1) is 6.92 Å². The third-order valence-electron chi connectivity index (χ3n) is 3.47. The van der Waals surface area contributed by atoms with Crippen LogP contribution in [0.1, 0.15) is 16.8 Å². The minimum absolute atomic E-state index is 0.937. The third-order valence-corrected chi connectivity index (χ3v) is 3.47. The van der Waals surface area contributed by atoms with Crippen molar-refractivity contribution in [3.63, 3.8) is 0 Å². The summed E-state index contributed by atoms with van der Waals surface area (Å²) in [6.45, 7) is 4.13. The second kappa shape index (κ2) is 4.00. The van der Waals surface area contributed by atoms with Gasteiger partial charge in [-0.25, -0.2) is 0 Å². The summed E-state index contributed by atoms with van der Waals surface area (Å²) >= 11 is 0. The van der Waals surface area contributed by atoms with E-state index in [0.717, 1.165) is 19.5 Å². The van der Waals surface area contributed by atoms with Crippen LogP contribution in [0.15, 0.2) is 24.3 Å². The largest absolute Gasteiger partial charge is 0.312 e. The number of nitrogens with one attached hydrogen (secondary N) is 1. The first-order chi connectivity index (χ1) is 8.27. The highest BCUT2D eigenvalue weighted by Gasteiger charge is 2.20. The number of aryl methyl sites for hydroxylation is 2. The molecule has 3 nitrogen and oxygen atoms in total. The molecule has 0 radical (unpaired) electrons. The number of hydrogen-bond donors (Lipinski definition) is 1. The van der Waals surface area contributed by atoms with Gasteiger partial charge in [-0.05, 0) is 12.5 Å². The maximum absolute atomic E-state index is 4.65. The molecular formula is C14H17N3. The first-order valence-electron chi connectivity index (χ1n) is 6.09. The van der Waals surface area contributed by atoms with Crippen LogP contribution >= 0.6 is 0 Å². The summed E-state index contributed by atoms with van der Waals surface area (Å²) in [6.07, 6.45) is 1.04. The fourth-order valence-electron chi connectivity index (χ4n) is 2.61. The van der Waals surface area contributed by atoms with Crippen molar-refractivity contribution in [3.05, 3.63) is 41.1 Å². The molecule has 1 aromatic heterocycles. The molecule has 3 heteroatoms. The fourth-order valence-corrected chi connectivity index (χ4v) is 2.61. The van der Waals surface area contributed by atoms with E-state index in [0.29, 0.717) is 0 Å². The van der Waals surface area contributed by atoms with Crippen molar-refractivity contribution in [2.24, 2.45) is 7.05 Å². The second-order valence-electron chi connectivity index (χ2n) is 4.64. The highest BCUT2D eigenvalue weighted by molar-refractivity contribution is 5.68. The van der Waals surface area contributed by atoms with E-state index in [9.17, 15) is 0 Å². The van der Waals surface area contributed by atoms with E-state index in [1.54, 1.807) is 0 Å². The highest BCUT2D eigenvalue weighted by atomic mass is 15.3. The van der Waals surface area contributed by atoms with Crippen molar-refractivity contribution in [2.45, 2.75) is 19.9 Å². The SMILES string of the molecule is Cc1ccccc1-c1c2c(nn1C)CCNC2. The summed E-state index contributed by atoms with van der Waals surface area (Å²) in [5.41, 5.74) is 6.50. The molecular weight excluding hydrogens is 210 g/mol. The maximum Gasteiger partial charge on any atom is 0.0729 e. The zero-order valence-electron chi connectivity index (χ0n) is 10.3. The van der Waals surface area contributed by atoms with Crippen LogP contribution in [0.25, 0.3) is 11.3 Å². The Hall–Kier alpha value is -1.61. The number of hydrogen-bond acceptors (Lipinski definition) is 2. The lowest BCUT2D eigenvalue weighted by Crippen LogP contribution is -2.23. The standard InChI is InChI=1S/C14H17N3/c1-10-5-3-4-6-11(10)14-12-9-15-8-7-13(12)16-17(14)2/h3-6,15H,7-9H2,1-2H3. The van der Waals surface area contributed by atoms with E-state index >= 15 is 0 Å². The Morgan fingerprint density at radius 3 is 2.94 bits per heavy atom. The lowest BCUT2D eigenvalue weighted by Gasteiger charge is -2.14. The monoisotopic (exact) mass is 227 g/mol. The topological polar surface area (TPSA) is 29.9 Å². The average molecular weight is 227 g/mol. The highest BCUT2D eigenvalue weighted by Crippen LogP contribution is 2.29. The Labute approximate surface area is 101 Å². The lowest BCUT2D eigenvalue weighted by molar-refractivity contribution is 0.633. The van der Waals surface area contributed by atoms with E-state index in [-0.39, 0.29) is 0 Å². The van der Waals surface area contributed by atoms with Gasteiger partial charge in [0.2, 0.25) is 0 Å². The molecule has 1 aromatic carbocycles. The van der Waals surface area contributed by atoms with Crippen molar-refractivity contribution in [2.75, 3.05) is 6.54 Å². The average Bonchev–Trinajstić information content (AvgIpc) is 2.66. The van der Waals surface area contributed by atoms with Gasteiger partial charge in [0.25, 0.3) is 0 Å². The quantitative estimate of drug-likeness (QED) is 0.808. The molecule has 0 saturated heterocycles. The number of fused-ring (bicyclic) bond motifs is 1. The van der Waals surface area contributed by atoms with Crippen molar-refractivity contribution < 1.29 is 0 Å². The molecule has 2 aromatic rings. The molecule has 1 aliphatic heterocycles. The summed E-state index contributed by atoms with van der Waals surface area (Å²) in [5, 5.41) is 8.08. The predicted octanol–water partition coefficient (Wildman–Crippen LogP) is 2.04. The Kier molecular flexibility index (Phi) is 2.48. The van der Waals surface area contributed by atoms with Crippen LogP contribution in [-0.2, 0) is 20.0 Å². The molecule has 88 valence electrons. The van der Waals surface area contributed by atoms with E-state index in [2.05, 4.69) is 41.6 Å². The molecule has 1 aliphatic rings. The molecule has 17 heavy (non-hydrogen) atoms. The van der Waals surface area contributed by atoms with Crippen LogP contribution in [0.4, 0.5) is 0 Å². The van der Waals surface area contributed by atoms with Gasteiger partial charge in [-0.1, -0.05) is 24.3 Å². The Morgan fingerprint density at radius 2 is 2.12 bits per heavy atom. The van der Waals surface area contributed by atoms with Gasteiger partial charge in [-0.3, -0.25) is 4.68 Å². The van der Waals surface area contributed by atoms with Gasteiger partial charge < -0.3 is 5.32 Å². The molecule has 0 amide bonds.